The van der Waals surface area contributed by atoms with Gasteiger partial charge in [-0.1, -0.05) is 51.6 Å². The molecule has 0 spiro atoms. The molecule has 0 bridgehead atoms. The molecule has 0 aromatic carbocycles. The molecule has 0 aliphatic heterocycles. The smallest absolute Gasteiger partial charge is 0.0132 e. The summed E-state index contributed by atoms with van der Waals surface area (Å²) in [6, 6.07) is 0. The average molecular weight is 192 g/mol. The fourth-order valence-electron chi connectivity index (χ4n) is 1.69. The molecule has 0 aromatic heterocycles. The van der Waals surface area contributed by atoms with Crippen LogP contribution in [-0.2, 0) is 0 Å². The van der Waals surface area contributed by atoms with Crippen molar-refractivity contribution in [1.29, 1.82) is 0 Å². The van der Waals surface area contributed by atoms with E-state index in [2.05, 4.69) is 52.9 Å². The molecule has 1 aliphatic rings. The minimum absolute atomic E-state index is 0.303. The number of allylic oxidation sites excluding steroid dienone is 4. The van der Waals surface area contributed by atoms with Gasteiger partial charge in [0.2, 0.25) is 0 Å². The van der Waals surface area contributed by atoms with Gasteiger partial charge < -0.3 is 0 Å². The first-order valence-electron chi connectivity index (χ1n) is 4.90. The summed E-state index contributed by atoms with van der Waals surface area (Å²) in [4.78, 5) is 0. The third kappa shape index (κ3) is 2.28. The van der Waals surface area contributed by atoms with Crippen molar-refractivity contribution in [3.8, 4) is 0 Å². The largest absolute Gasteiger partial charge is 0.0566 e. The highest BCUT2D eigenvalue weighted by Gasteiger charge is 2.23. The predicted octanol–water partition coefficient (Wildman–Crippen LogP) is 3.43. The van der Waals surface area contributed by atoms with E-state index in [1.165, 1.54) is 5.57 Å². The molecular weight excluding hydrogens is 172 g/mol. The van der Waals surface area contributed by atoms with E-state index in [4.69, 9.17) is 0 Å². The molecule has 0 fully saturated rings. The summed E-state index contributed by atoms with van der Waals surface area (Å²) < 4.78 is 0. The third-order valence-electron chi connectivity index (χ3n) is 2.38. The zero-order chi connectivity index (χ0) is 10.2. The lowest BCUT2D eigenvalue weighted by molar-refractivity contribution is 0.526. The number of hydrogen-bond acceptors (Lipinski definition) is 0. The van der Waals surface area contributed by atoms with Gasteiger partial charge in [-0.2, -0.15) is 0 Å². The molecule has 0 aromatic rings. The van der Waals surface area contributed by atoms with Gasteiger partial charge in [0.05, 0.1) is 0 Å². The normalized spacial score (nSPS) is 17.2. The lowest BCUT2D eigenvalue weighted by atomic mass is 9.86. The van der Waals surface area contributed by atoms with E-state index in [1.807, 2.05) is 0 Å². The Hall–Kier alpha value is -0.433. The Morgan fingerprint density at radius 3 is 1.92 bits per heavy atom. The van der Waals surface area contributed by atoms with Crippen LogP contribution in [0.15, 0.2) is 23.3 Å². The van der Waals surface area contributed by atoms with Crippen molar-refractivity contribution in [2.45, 2.75) is 40.8 Å². The van der Waals surface area contributed by atoms with Crippen molar-refractivity contribution in [2.75, 3.05) is 0 Å². The van der Waals surface area contributed by atoms with Crippen LogP contribution in [0.1, 0.15) is 27.7 Å². The second kappa shape index (κ2) is 3.37. The summed E-state index contributed by atoms with van der Waals surface area (Å²) in [5.74, 6) is 0. The van der Waals surface area contributed by atoms with Crippen LogP contribution in [0, 0.1) is 5.41 Å². The molecule has 0 heterocycles. The maximum atomic E-state index is 2.37. The molecule has 0 amide bonds. The van der Waals surface area contributed by atoms with Crippen LogP contribution >= 0.6 is 0 Å². The van der Waals surface area contributed by atoms with Gasteiger partial charge in [-0.05, 0) is 23.1 Å². The van der Waals surface area contributed by atoms with Crippen LogP contribution in [0.4, 0.5) is 0 Å². The Morgan fingerprint density at radius 1 is 1.08 bits per heavy atom. The zero-order valence-electron chi connectivity index (χ0n) is 9.65. The number of rotatable bonds is 0. The lowest BCUT2D eigenvalue weighted by Crippen LogP contribution is -2.19. The molecule has 1 heteroatoms. The number of hydrogen-bond donors (Lipinski definition) is 0. The molecule has 0 radical (unpaired) electrons. The maximum absolute atomic E-state index is 2.37. The molecule has 1 rings (SSSR count). The van der Waals surface area contributed by atoms with Crippen molar-refractivity contribution in [2.24, 2.45) is 5.41 Å². The van der Waals surface area contributed by atoms with Crippen molar-refractivity contribution in [3.05, 3.63) is 23.3 Å². The van der Waals surface area contributed by atoms with E-state index in [0.717, 1.165) is 0 Å². The van der Waals surface area contributed by atoms with Gasteiger partial charge in [0.1, 0.15) is 0 Å². The Bertz CT molecular complexity index is 305. The molecule has 0 N–H and O–H groups in total. The zero-order valence-corrected chi connectivity index (χ0v) is 10.7. The van der Waals surface area contributed by atoms with Crippen LogP contribution in [0.2, 0.25) is 13.1 Å². The van der Waals surface area contributed by atoms with E-state index < -0.39 is 0 Å². The molecule has 0 nitrogen and oxygen atoms in total. The molecule has 0 saturated carbocycles. The topological polar surface area (TPSA) is 0 Å². The van der Waals surface area contributed by atoms with Gasteiger partial charge in [-0.3, -0.25) is 0 Å². The summed E-state index contributed by atoms with van der Waals surface area (Å²) in [5, 5.41) is 1.62. The van der Waals surface area contributed by atoms with Gasteiger partial charge in [0, 0.05) is 8.41 Å². The standard InChI is InChI=1S/C12H20Si/c1-9-7-10(12(2,3)4)11(8-9)13(5)6/h7-8H,1-6H3. The highest BCUT2D eigenvalue weighted by atomic mass is 28.2. The second-order valence-corrected chi connectivity index (χ2v) is 7.65. The average Bonchev–Trinajstić information content (AvgIpc) is 2.29. The minimum Gasteiger partial charge on any atom is -0.0566 e. The van der Waals surface area contributed by atoms with Gasteiger partial charge in [-0.15, -0.1) is 0 Å². The van der Waals surface area contributed by atoms with E-state index in [-0.39, 0.29) is 8.41 Å². The fraction of sp³-hybridized carbons (Fsp3) is 0.583. The van der Waals surface area contributed by atoms with Crippen LogP contribution in [-0.4, -0.2) is 13.6 Å². The van der Waals surface area contributed by atoms with Crippen molar-refractivity contribution >= 4 is 13.6 Å². The summed E-state index contributed by atoms with van der Waals surface area (Å²) in [6.07, 6.45) is 4.72. The van der Waals surface area contributed by atoms with Crippen LogP contribution in [0.25, 0.3) is 0 Å². The van der Waals surface area contributed by atoms with Gasteiger partial charge in [-0.25, -0.2) is 0 Å². The Kier molecular flexibility index (Phi) is 2.76. The quantitative estimate of drug-likeness (QED) is 0.516. The van der Waals surface area contributed by atoms with E-state index in [9.17, 15) is 0 Å². The molecule has 0 saturated heterocycles. The monoisotopic (exact) mass is 192 g/mol. The molecule has 13 heavy (non-hydrogen) atoms. The fourth-order valence-corrected chi connectivity index (χ4v) is 3.19. The Morgan fingerprint density at radius 2 is 1.62 bits per heavy atom. The predicted molar refractivity (Wildman–Crippen MR) is 63.8 cm³/mol. The van der Waals surface area contributed by atoms with Crippen LogP contribution in [0.3, 0.4) is 0 Å². The highest BCUT2D eigenvalue weighted by molar-refractivity contribution is 6.74. The van der Waals surface area contributed by atoms with Crippen molar-refractivity contribution in [3.63, 3.8) is 0 Å². The van der Waals surface area contributed by atoms with E-state index >= 15 is 0 Å². The van der Waals surface area contributed by atoms with Crippen molar-refractivity contribution < 1.29 is 0 Å². The molecule has 72 valence electrons. The maximum Gasteiger partial charge on any atom is 0.0132 e. The first-order chi connectivity index (χ1) is 5.82. The first-order valence-corrected chi connectivity index (χ1v) is 7.40. The second-order valence-electron chi connectivity index (χ2n) is 5.11. The minimum atomic E-state index is -0.303. The summed E-state index contributed by atoms with van der Waals surface area (Å²) in [6.45, 7) is 13.8. The van der Waals surface area contributed by atoms with E-state index in [1.54, 1.807) is 10.7 Å². The SMILES string of the molecule is CC1=CC(=[Si](C)C)C(C(C)(C)C)=C1. The Labute approximate surface area is 83.6 Å². The Balaban J connectivity index is 3.17. The molecule has 0 atom stereocenters. The molecule has 1 aliphatic carbocycles. The lowest BCUT2D eigenvalue weighted by Gasteiger charge is -2.22. The molecular formula is C12H20Si. The van der Waals surface area contributed by atoms with Crippen molar-refractivity contribution in [1.82, 2.24) is 0 Å². The van der Waals surface area contributed by atoms with Gasteiger partial charge in [0.15, 0.2) is 0 Å². The summed E-state index contributed by atoms with van der Waals surface area (Å²) >= 11 is 0. The van der Waals surface area contributed by atoms with E-state index in [0.29, 0.717) is 5.41 Å². The van der Waals surface area contributed by atoms with Gasteiger partial charge >= 0.3 is 0 Å². The summed E-state index contributed by atoms with van der Waals surface area (Å²) in [5.41, 5.74) is 3.29. The molecule has 0 unspecified atom stereocenters. The van der Waals surface area contributed by atoms with Crippen LogP contribution < -0.4 is 0 Å². The van der Waals surface area contributed by atoms with Gasteiger partial charge in [0.25, 0.3) is 0 Å². The highest BCUT2D eigenvalue weighted by Crippen LogP contribution is 2.31. The first kappa shape index (κ1) is 10.6. The third-order valence-corrected chi connectivity index (χ3v) is 3.87. The van der Waals surface area contributed by atoms with Crippen LogP contribution in [0.5, 0.6) is 0 Å². The summed E-state index contributed by atoms with van der Waals surface area (Å²) in [7, 11) is -0.303.